The summed E-state index contributed by atoms with van der Waals surface area (Å²) in [4.78, 5) is 14.2. The molecule has 4 rings (SSSR count). The van der Waals surface area contributed by atoms with Gasteiger partial charge in [0.25, 0.3) is 5.91 Å². The van der Waals surface area contributed by atoms with Crippen molar-refractivity contribution in [3.05, 3.63) is 83.1 Å². The number of hydrogen-bond donors (Lipinski definition) is 1. The van der Waals surface area contributed by atoms with Crippen molar-refractivity contribution < 1.29 is 22.3 Å². The Morgan fingerprint density at radius 2 is 1.74 bits per heavy atom. The molecule has 0 radical (unpaired) electrons. The van der Waals surface area contributed by atoms with E-state index in [1.807, 2.05) is 23.1 Å². The van der Waals surface area contributed by atoms with E-state index >= 15 is 0 Å². The molecule has 7 nitrogen and oxygen atoms in total. The highest BCUT2D eigenvalue weighted by Crippen LogP contribution is 2.28. The lowest BCUT2D eigenvalue weighted by atomic mass is 10.2. The molecule has 1 fully saturated rings. The normalized spacial score (nSPS) is 14.6. The molecule has 3 aromatic carbocycles. The number of amides is 1. The Morgan fingerprint density at radius 1 is 1.00 bits per heavy atom. The molecule has 34 heavy (non-hydrogen) atoms. The van der Waals surface area contributed by atoms with E-state index in [0.717, 1.165) is 17.8 Å². The zero-order valence-electron chi connectivity index (χ0n) is 18.4. The molecule has 0 bridgehead atoms. The molecule has 1 aliphatic heterocycles. The minimum atomic E-state index is -4.15. The van der Waals surface area contributed by atoms with E-state index in [0.29, 0.717) is 29.5 Å². The van der Waals surface area contributed by atoms with Crippen LogP contribution in [0.1, 0.15) is 10.4 Å². The number of benzene rings is 3. The summed E-state index contributed by atoms with van der Waals surface area (Å²) in [5.74, 6) is -0.921. The molecule has 0 aliphatic carbocycles. The Morgan fingerprint density at radius 3 is 2.44 bits per heavy atom. The number of halogens is 2. The standard InChI is InChI=1S/C24H23ClFN3O4S/c1-33-19-6-4-5-18(16-19)27-24(30)17-9-10-21(26)23(15-17)34(31,32)29-13-11-28(12-14-29)22-8-3-2-7-20(22)25/h2-10,15-16H,11-14H2,1H3,(H,27,30). The average Bonchev–Trinajstić information content (AvgIpc) is 2.84. The van der Waals surface area contributed by atoms with Gasteiger partial charge < -0.3 is 15.0 Å². The van der Waals surface area contributed by atoms with Crippen LogP contribution in [0.15, 0.2) is 71.6 Å². The second-order valence-corrected chi connectivity index (χ2v) is 9.99. The maximum Gasteiger partial charge on any atom is 0.255 e. The van der Waals surface area contributed by atoms with Crippen LogP contribution in [-0.4, -0.2) is 51.9 Å². The summed E-state index contributed by atoms with van der Waals surface area (Å²) < 4.78 is 47.4. The predicted molar refractivity (Wildman–Crippen MR) is 130 cm³/mol. The quantitative estimate of drug-likeness (QED) is 0.544. The van der Waals surface area contributed by atoms with Crippen LogP contribution in [0.25, 0.3) is 0 Å². The van der Waals surface area contributed by atoms with Gasteiger partial charge in [-0.3, -0.25) is 4.79 Å². The number of anilines is 2. The Labute approximate surface area is 202 Å². The topological polar surface area (TPSA) is 78.9 Å². The van der Waals surface area contributed by atoms with Gasteiger partial charge >= 0.3 is 0 Å². The van der Waals surface area contributed by atoms with Gasteiger partial charge in [-0.15, -0.1) is 0 Å². The van der Waals surface area contributed by atoms with Gasteiger partial charge in [0.05, 0.1) is 17.8 Å². The number of carbonyl (C=O) groups excluding carboxylic acids is 1. The molecule has 1 heterocycles. The summed E-state index contributed by atoms with van der Waals surface area (Å²) in [6, 6.07) is 17.4. The smallest absolute Gasteiger partial charge is 0.255 e. The minimum absolute atomic E-state index is 0.0255. The lowest BCUT2D eigenvalue weighted by Gasteiger charge is -2.35. The lowest BCUT2D eigenvalue weighted by Crippen LogP contribution is -2.48. The molecule has 3 aromatic rings. The van der Waals surface area contributed by atoms with E-state index in [9.17, 15) is 17.6 Å². The third kappa shape index (κ3) is 5.01. The van der Waals surface area contributed by atoms with Gasteiger partial charge in [0.1, 0.15) is 16.5 Å². The molecule has 10 heteroatoms. The number of methoxy groups -OCH3 is 1. The third-order valence-corrected chi connectivity index (χ3v) is 7.80. The fourth-order valence-corrected chi connectivity index (χ4v) is 5.53. The Hall–Kier alpha value is -3.14. The van der Waals surface area contributed by atoms with Crippen LogP contribution in [0.5, 0.6) is 5.75 Å². The van der Waals surface area contributed by atoms with Crippen LogP contribution in [0, 0.1) is 5.82 Å². The third-order valence-electron chi connectivity index (χ3n) is 5.57. The molecular weight excluding hydrogens is 481 g/mol. The Bertz CT molecular complexity index is 1310. The van der Waals surface area contributed by atoms with Crippen LogP contribution >= 0.6 is 11.6 Å². The summed E-state index contributed by atoms with van der Waals surface area (Å²) in [7, 11) is -2.64. The first-order valence-electron chi connectivity index (χ1n) is 10.5. The minimum Gasteiger partial charge on any atom is -0.497 e. The first kappa shape index (κ1) is 24.0. The van der Waals surface area contributed by atoms with Crippen LogP contribution in [0.3, 0.4) is 0 Å². The average molecular weight is 504 g/mol. The fraction of sp³-hybridized carbons (Fsp3) is 0.208. The number of nitrogens with one attached hydrogen (secondary N) is 1. The van der Waals surface area contributed by atoms with Crippen molar-refractivity contribution in [3.63, 3.8) is 0 Å². The highest BCUT2D eigenvalue weighted by atomic mass is 35.5. The molecular formula is C24H23ClFN3O4S. The van der Waals surface area contributed by atoms with Gasteiger partial charge in [-0.1, -0.05) is 29.8 Å². The fourth-order valence-electron chi connectivity index (χ4n) is 3.76. The van der Waals surface area contributed by atoms with Crippen LogP contribution in [0.2, 0.25) is 5.02 Å². The molecule has 1 amide bonds. The number of nitrogens with zero attached hydrogens (tertiary/aromatic N) is 2. The first-order valence-corrected chi connectivity index (χ1v) is 12.4. The Balaban J connectivity index is 1.51. The maximum absolute atomic E-state index is 14.6. The summed E-state index contributed by atoms with van der Waals surface area (Å²) in [5, 5.41) is 3.25. The largest absolute Gasteiger partial charge is 0.497 e. The molecule has 0 unspecified atom stereocenters. The van der Waals surface area contributed by atoms with Crippen LogP contribution in [-0.2, 0) is 10.0 Å². The van der Waals surface area contributed by atoms with Gasteiger partial charge in [-0.25, -0.2) is 12.8 Å². The van der Waals surface area contributed by atoms with E-state index in [4.69, 9.17) is 16.3 Å². The van der Waals surface area contributed by atoms with E-state index in [1.165, 1.54) is 17.5 Å². The van der Waals surface area contributed by atoms with Crippen LogP contribution < -0.4 is 15.0 Å². The molecule has 0 spiro atoms. The van der Waals surface area contributed by atoms with Crippen molar-refractivity contribution in [2.45, 2.75) is 4.90 Å². The van der Waals surface area contributed by atoms with E-state index in [-0.39, 0.29) is 18.7 Å². The van der Waals surface area contributed by atoms with Crippen molar-refractivity contribution in [1.82, 2.24) is 4.31 Å². The van der Waals surface area contributed by atoms with Gasteiger partial charge in [0.2, 0.25) is 10.0 Å². The summed E-state index contributed by atoms with van der Waals surface area (Å²) in [6.07, 6.45) is 0. The second-order valence-electron chi connectivity index (χ2n) is 7.67. The van der Waals surface area contributed by atoms with Crippen molar-refractivity contribution in [3.8, 4) is 5.75 Å². The maximum atomic E-state index is 14.6. The Kier molecular flexibility index (Phi) is 7.06. The number of rotatable bonds is 6. The van der Waals surface area contributed by atoms with Crippen molar-refractivity contribution in [1.29, 1.82) is 0 Å². The van der Waals surface area contributed by atoms with E-state index < -0.39 is 26.6 Å². The van der Waals surface area contributed by atoms with Gasteiger partial charge in [-0.05, 0) is 42.5 Å². The number of para-hydroxylation sites is 1. The van der Waals surface area contributed by atoms with Crippen molar-refractivity contribution in [2.24, 2.45) is 0 Å². The summed E-state index contributed by atoms with van der Waals surface area (Å²) in [5.41, 5.74) is 1.31. The highest BCUT2D eigenvalue weighted by molar-refractivity contribution is 7.89. The van der Waals surface area contributed by atoms with Gasteiger partial charge in [0.15, 0.2) is 0 Å². The highest BCUT2D eigenvalue weighted by Gasteiger charge is 2.31. The summed E-state index contributed by atoms with van der Waals surface area (Å²) in [6.45, 7) is 1.13. The molecule has 1 N–H and O–H groups in total. The molecule has 0 saturated carbocycles. The monoisotopic (exact) mass is 503 g/mol. The zero-order chi connectivity index (χ0) is 24.3. The molecule has 0 aromatic heterocycles. The number of carbonyl (C=O) groups is 1. The molecule has 1 saturated heterocycles. The molecule has 1 aliphatic rings. The van der Waals surface area contributed by atoms with E-state index in [2.05, 4.69) is 5.32 Å². The first-order chi connectivity index (χ1) is 16.3. The number of hydrogen-bond acceptors (Lipinski definition) is 5. The van der Waals surface area contributed by atoms with E-state index in [1.54, 1.807) is 30.3 Å². The van der Waals surface area contributed by atoms with Gasteiger partial charge in [-0.2, -0.15) is 4.31 Å². The molecule has 0 atom stereocenters. The predicted octanol–water partition coefficient (Wildman–Crippen LogP) is 4.25. The van der Waals surface area contributed by atoms with Crippen molar-refractivity contribution in [2.75, 3.05) is 43.5 Å². The number of piperazine rings is 1. The molecule has 178 valence electrons. The van der Waals surface area contributed by atoms with Gasteiger partial charge in [0, 0.05) is 43.5 Å². The lowest BCUT2D eigenvalue weighted by molar-refractivity contribution is 0.102. The van der Waals surface area contributed by atoms with Crippen molar-refractivity contribution >= 4 is 38.9 Å². The number of sulfonamides is 1. The van der Waals surface area contributed by atoms with Crippen LogP contribution in [0.4, 0.5) is 15.8 Å². The zero-order valence-corrected chi connectivity index (χ0v) is 19.9. The number of ether oxygens (including phenoxy) is 1. The second kappa shape index (κ2) is 10.0. The summed E-state index contributed by atoms with van der Waals surface area (Å²) >= 11 is 6.25. The SMILES string of the molecule is COc1cccc(NC(=O)c2ccc(F)c(S(=O)(=O)N3CCN(c4ccccc4Cl)CC3)c2)c1.